The molecule has 0 aliphatic carbocycles. The first-order valence-corrected chi connectivity index (χ1v) is 15.3. The molecule has 6 heteroatoms. The third-order valence-electron chi connectivity index (χ3n) is 7.70. The molecule has 5 nitrogen and oxygen atoms in total. The molecule has 214 valence electrons. The Morgan fingerprint density at radius 1 is 0.683 bits per heavy atom. The fourth-order valence-electron chi connectivity index (χ4n) is 5.64. The van der Waals surface area contributed by atoms with Gasteiger partial charge in [0, 0.05) is 22.5 Å². The SMILES string of the molecule is COc1cc(C)cc(-c2cc(-c3cc(OC)cc(OC)c3)c(OC)c(-c3cccc4c3[P@@](C(C)(C)C)CO4)c2C)c1. The zero-order valence-corrected chi connectivity index (χ0v) is 26.4. The second kappa shape index (κ2) is 11.3. The van der Waals surface area contributed by atoms with E-state index in [4.69, 9.17) is 23.7 Å². The highest BCUT2D eigenvalue weighted by Gasteiger charge is 2.37. The molecule has 5 rings (SSSR count). The minimum absolute atomic E-state index is 0.0857. The Kier molecular flexibility index (Phi) is 7.94. The van der Waals surface area contributed by atoms with Crippen LogP contribution in [-0.4, -0.2) is 39.9 Å². The number of fused-ring (bicyclic) bond motifs is 1. The van der Waals surface area contributed by atoms with Gasteiger partial charge in [-0.15, -0.1) is 0 Å². The molecule has 0 N–H and O–H groups in total. The Bertz CT molecular complexity index is 1580. The maximum Gasteiger partial charge on any atom is 0.134 e. The van der Waals surface area contributed by atoms with Gasteiger partial charge in [0.05, 0.1) is 28.4 Å². The number of aryl methyl sites for hydroxylation is 1. The highest BCUT2D eigenvalue weighted by atomic mass is 31.1. The van der Waals surface area contributed by atoms with Crippen molar-refractivity contribution in [3.63, 3.8) is 0 Å². The third kappa shape index (κ3) is 5.36. The van der Waals surface area contributed by atoms with E-state index < -0.39 is 7.92 Å². The lowest BCUT2D eigenvalue weighted by Gasteiger charge is -2.29. The van der Waals surface area contributed by atoms with Gasteiger partial charge in [-0.25, -0.2) is 0 Å². The number of ether oxygens (including phenoxy) is 5. The Labute approximate surface area is 245 Å². The lowest BCUT2D eigenvalue weighted by Crippen LogP contribution is -2.19. The number of rotatable bonds is 7. The monoisotopic (exact) mass is 570 g/mol. The molecule has 4 aromatic rings. The summed E-state index contributed by atoms with van der Waals surface area (Å²) in [5.74, 6) is 4.04. The molecule has 1 aliphatic heterocycles. The highest BCUT2D eigenvalue weighted by Crippen LogP contribution is 2.57. The van der Waals surface area contributed by atoms with Gasteiger partial charge in [-0.05, 0) is 96.7 Å². The summed E-state index contributed by atoms with van der Waals surface area (Å²) in [7, 11) is 6.23. The quantitative estimate of drug-likeness (QED) is 0.208. The largest absolute Gasteiger partial charge is 0.497 e. The average Bonchev–Trinajstić information content (AvgIpc) is 3.41. The second-order valence-corrected chi connectivity index (χ2v) is 14.3. The molecule has 41 heavy (non-hydrogen) atoms. The summed E-state index contributed by atoms with van der Waals surface area (Å²) in [4.78, 5) is 0. The zero-order chi connectivity index (χ0) is 29.5. The van der Waals surface area contributed by atoms with E-state index in [1.807, 2.05) is 18.2 Å². The number of methoxy groups -OCH3 is 4. The fraction of sp³-hybridized carbons (Fsp3) is 0.314. The molecule has 0 amide bonds. The van der Waals surface area contributed by atoms with E-state index in [0.29, 0.717) is 11.5 Å². The summed E-state index contributed by atoms with van der Waals surface area (Å²) >= 11 is 0. The first kappa shape index (κ1) is 28.8. The van der Waals surface area contributed by atoms with Crippen LogP contribution in [-0.2, 0) is 0 Å². The van der Waals surface area contributed by atoms with E-state index >= 15 is 0 Å². The molecule has 0 spiro atoms. The van der Waals surface area contributed by atoms with Crippen molar-refractivity contribution in [1.82, 2.24) is 0 Å². The molecule has 0 saturated heterocycles. The van der Waals surface area contributed by atoms with Crippen LogP contribution in [0.25, 0.3) is 33.4 Å². The first-order chi connectivity index (χ1) is 19.6. The molecule has 0 bridgehead atoms. The Balaban J connectivity index is 1.90. The molecule has 0 radical (unpaired) electrons. The Morgan fingerprint density at radius 2 is 1.29 bits per heavy atom. The lowest BCUT2D eigenvalue weighted by atomic mass is 9.86. The van der Waals surface area contributed by atoms with Gasteiger partial charge < -0.3 is 23.7 Å². The van der Waals surface area contributed by atoms with E-state index in [1.165, 1.54) is 5.30 Å². The summed E-state index contributed by atoms with van der Waals surface area (Å²) in [6.45, 7) is 11.2. The average molecular weight is 571 g/mol. The van der Waals surface area contributed by atoms with Gasteiger partial charge in [-0.2, -0.15) is 0 Å². The molecular weight excluding hydrogens is 531 g/mol. The number of hydrogen-bond acceptors (Lipinski definition) is 5. The summed E-state index contributed by atoms with van der Waals surface area (Å²) in [6.07, 6.45) is 0.723. The predicted molar refractivity (Wildman–Crippen MR) is 170 cm³/mol. The molecule has 0 unspecified atom stereocenters. The van der Waals surface area contributed by atoms with Gasteiger partial charge in [-0.1, -0.05) is 39.0 Å². The van der Waals surface area contributed by atoms with E-state index in [0.717, 1.165) is 68.1 Å². The smallest absolute Gasteiger partial charge is 0.134 e. The van der Waals surface area contributed by atoms with Crippen LogP contribution in [0.1, 0.15) is 31.9 Å². The Hall–Kier alpha value is -3.69. The lowest BCUT2D eigenvalue weighted by molar-refractivity contribution is 0.394. The first-order valence-electron chi connectivity index (χ1n) is 13.7. The van der Waals surface area contributed by atoms with Crippen LogP contribution in [0.3, 0.4) is 0 Å². The van der Waals surface area contributed by atoms with Crippen molar-refractivity contribution in [2.45, 2.75) is 39.8 Å². The fourth-order valence-corrected chi connectivity index (χ4v) is 7.98. The molecule has 1 aliphatic rings. The van der Waals surface area contributed by atoms with Crippen molar-refractivity contribution in [1.29, 1.82) is 0 Å². The zero-order valence-electron chi connectivity index (χ0n) is 25.5. The minimum atomic E-state index is -0.570. The predicted octanol–water partition coefficient (Wildman–Crippen LogP) is 8.59. The van der Waals surface area contributed by atoms with Crippen LogP contribution in [0.5, 0.6) is 28.7 Å². The molecule has 0 aromatic heterocycles. The summed E-state index contributed by atoms with van der Waals surface area (Å²) < 4.78 is 29.6. The standard InChI is InChI=1S/C35H39O5P/c1-21-13-23(15-25(14-21)36-6)29-19-30(24-16-26(37-7)18-27(17-24)38-8)33(39-9)32(22(29)2)28-11-10-12-31-34(28)41(20-40-31)35(3,4)5/h10-19H,20H2,1-9H3/t41-/m0/s1. The van der Waals surface area contributed by atoms with Crippen LogP contribution in [0.15, 0.2) is 60.7 Å². The molecule has 1 heterocycles. The van der Waals surface area contributed by atoms with Crippen molar-refractivity contribution in [3.8, 4) is 62.1 Å². The van der Waals surface area contributed by atoms with Gasteiger partial charge in [0.1, 0.15) is 35.1 Å². The van der Waals surface area contributed by atoms with E-state index in [1.54, 1.807) is 28.4 Å². The van der Waals surface area contributed by atoms with Crippen molar-refractivity contribution in [2.24, 2.45) is 0 Å². The van der Waals surface area contributed by atoms with Crippen LogP contribution in [0.2, 0.25) is 0 Å². The van der Waals surface area contributed by atoms with Gasteiger partial charge >= 0.3 is 0 Å². The number of benzene rings is 4. The molecule has 0 fully saturated rings. The molecule has 4 aromatic carbocycles. The maximum absolute atomic E-state index is 6.31. The van der Waals surface area contributed by atoms with E-state index in [2.05, 4.69) is 77.1 Å². The highest BCUT2D eigenvalue weighted by molar-refractivity contribution is 7.67. The van der Waals surface area contributed by atoms with Crippen LogP contribution in [0, 0.1) is 13.8 Å². The van der Waals surface area contributed by atoms with Crippen LogP contribution >= 0.6 is 7.92 Å². The van der Waals surface area contributed by atoms with Crippen LogP contribution in [0.4, 0.5) is 0 Å². The topological polar surface area (TPSA) is 46.2 Å². The molecular formula is C35H39O5P. The minimum Gasteiger partial charge on any atom is -0.497 e. The van der Waals surface area contributed by atoms with Gasteiger partial charge in [0.15, 0.2) is 0 Å². The van der Waals surface area contributed by atoms with Crippen molar-refractivity contribution in [2.75, 3.05) is 34.8 Å². The van der Waals surface area contributed by atoms with Gasteiger partial charge in [0.25, 0.3) is 0 Å². The van der Waals surface area contributed by atoms with E-state index in [-0.39, 0.29) is 5.16 Å². The molecule has 1 atom stereocenters. The maximum atomic E-state index is 6.31. The molecule has 0 saturated carbocycles. The van der Waals surface area contributed by atoms with Crippen molar-refractivity contribution < 1.29 is 23.7 Å². The second-order valence-electron chi connectivity index (χ2n) is 11.4. The summed E-state index contributed by atoms with van der Waals surface area (Å²) in [6, 6.07) is 20.9. The van der Waals surface area contributed by atoms with Crippen molar-refractivity contribution >= 4 is 13.2 Å². The summed E-state index contributed by atoms with van der Waals surface area (Å²) in [5, 5.41) is 1.38. The van der Waals surface area contributed by atoms with Gasteiger partial charge in [0.2, 0.25) is 0 Å². The number of hydrogen-bond donors (Lipinski definition) is 0. The third-order valence-corrected chi connectivity index (χ3v) is 10.7. The van der Waals surface area contributed by atoms with Gasteiger partial charge in [-0.3, -0.25) is 0 Å². The Morgan fingerprint density at radius 3 is 1.88 bits per heavy atom. The van der Waals surface area contributed by atoms with Crippen molar-refractivity contribution in [3.05, 3.63) is 71.8 Å². The summed E-state index contributed by atoms with van der Waals surface area (Å²) in [5.41, 5.74) is 8.59. The normalized spacial score (nSPS) is 14.3. The van der Waals surface area contributed by atoms with Crippen LogP contribution < -0.4 is 29.0 Å². The van der Waals surface area contributed by atoms with E-state index in [9.17, 15) is 0 Å².